The molecule has 2 aliphatic heterocycles. The van der Waals surface area contributed by atoms with Crippen molar-refractivity contribution in [2.24, 2.45) is 5.73 Å². The van der Waals surface area contributed by atoms with Crippen LogP contribution in [0.1, 0.15) is 52.2 Å². The average Bonchev–Trinajstić information content (AvgIpc) is 2.97. The Labute approximate surface area is 156 Å². The molecule has 25 heavy (non-hydrogen) atoms. The molecular weight excluding hydrogens is 356 g/mol. The molecular formula is C19H21ClN2O2S. The number of hydrogen-bond acceptors (Lipinski definition) is 4. The fourth-order valence-corrected chi connectivity index (χ4v) is 5.65. The van der Waals surface area contributed by atoms with Crippen LogP contribution < -0.4 is 11.1 Å². The first-order chi connectivity index (χ1) is 12.0. The van der Waals surface area contributed by atoms with Gasteiger partial charge in [-0.05, 0) is 49.1 Å². The molecule has 1 aromatic heterocycles. The molecule has 4 rings (SSSR count). The van der Waals surface area contributed by atoms with E-state index in [1.54, 1.807) is 17.4 Å². The van der Waals surface area contributed by atoms with Crippen LogP contribution >= 0.6 is 22.9 Å². The molecule has 6 heteroatoms. The number of carbonyl (C=O) groups excluding carboxylic acids is 1. The topological polar surface area (TPSA) is 64.4 Å². The van der Waals surface area contributed by atoms with Crippen LogP contribution in [0.15, 0.2) is 30.3 Å². The van der Waals surface area contributed by atoms with Gasteiger partial charge in [0, 0.05) is 28.9 Å². The van der Waals surface area contributed by atoms with Gasteiger partial charge < -0.3 is 15.8 Å². The van der Waals surface area contributed by atoms with Crippen molar-refractivity contribution in [2.45, 2.75) is 43.9 Å². The summed E-state index contributed by atoms with van der Waals surface area (Å²) in [5.74, 6) is -0.401. The molecule has 3 atom stereocenters. The first-order valence-electron chi connectivity index (χ1n) is 8.55. The van der Waals surface area contributed by atoms with Crippen molar-refractivity contribution in [2.75, 3.05) is 6.61 Å². The van der Waals surface area contributed by atoms with Gasteiger partial charge in [0.2, 0.25) is 5.91 Å². The maximum absolute atomic E-state index is 11.5. The van der Waals surface area contributed by atoms with Gasteiger partial charge >= 0.3 is 0 Å². The number of rotatable bonds is 2. The van der Waals surface area contributed by atoms with Gasteiger partial charge in [0.1, 0.15) is 5.60 Å². The molecule has 0 unspecified atom stereocenters. The van der Waals surface area contributed by atoms with E-state index in [1.807, 2.05) is 18.2 Å². The second kappa shape index (κ2) is 6.40. The number of halogens is 1. The molecule has 2 aliphatic rings. The summed E-state index contributed by atoms with van der Waals surface area (Å²) in [6.45, 7) is 2.90. The third-order valence-corrected chi connectivity index (χ3v) is 6.66. The van der Waals surface area contributed by atoms with Crippen LogP contribution in [0.2, 0.25) is 4.34 Å². The van der Waals surface area contributed by atoms with E-state index in [1.165, 1.54) is 10.4 Å². The smallest absolute Gasteiger partial charge is 0.248 e. The molecule has 4 nitrogen and oxygen atoms in total. The third kappa shape index (κ3) is 3.10. The van der Waals surface area contributed by atoms with E-state index in [0.717, 1.165) is 35.8 Å². The fourth-order valence-electron chi connectivity index (χ4n) is 4.18. The average molecular weight is 377 g/mol. The molecule has 0 radical (unpaired) electrons. The Morgan fingerprint density at radius 1 is 1.40 bits per heavy atom. The van der Waals surface area contributed by atoms with E-state index in [0.29, 0.717) is 11.6 Å². The Morgan fingerprint density at radius 2 is 2.24 bits per heavy atom. The Bertz CT molecular complexity index is 822. The SMILES string of the molecule is C[C@H]1C[C@@]2(C[C@@H](c3cccc(C(N)=O)c3)N1)OCCc1cc(Cl)sc12. The molecule has 0 aliphatic carbocycles. The molecule has 1 saturated heterocycles. The molecule has 1 spiro atoms. The number of ether oxygens (including phenoxy) is 1. The van der Waals surface area contributed by atoms with E-state index in [-0.39, 0.29) is 11.6 Å². The predicted octanol–water partition coefficient (Wildman–Crippen LogP) is 3.78. The number of fused-ring (bicyclic) bond motifs is 2. The number of carbonyl (C=O) groups is 1. The lowest BCUT2D eigenvalue weighted by molar-refractivity contribution is -0.0954. The highest BCUT2D eigenvalue weighted by atomic mass is 35.5. The summed E-state index contributed by atoms with van der Waals surface area (Å²) in [6, 6.07) is 10.1. The second-order valence-electron chi connectivity index (χ2n) is 7.02. The van der Waals surface area contributed by atoms with E-state index in [2.05, 4.69) is 18.3 Å². The first kappa shape index (κ1) is 17.0. The number of benzene rings is 1. The number of thiophene rings is 1. The number of piperidine rings is 1. The number of amides is 1. The molecule has 0 saturated carbocycles. The van der Waals surface area contributed by atoms with Crippen LogP contribution in [0, 0.1) is 0 Å². The molecule has 1 fully saturated rings. The van der Waals surface area contributed by atoms with Crippen LogP contribution in [-0.2, 0) is 16.8 Å². The van der Waals surface area contributed by atoms with Crippen molar-refractivity contribution >= 4 is 28.8 Å². The van der Waals surface area contributed by atoms with Crippen molar-refractivity contribution in [1.82, 2.24) is 5.32 Å². The van der Waals surface area contributed by atoms with E-state index in [9.17, 15) is 4.79 Å². The molecule has 1 aromatic carbocycles. The summed E-state index contributed by atoms with van der Waals surface area (Å²) >= 11 is 7.94. The summed E-state index contributed by atoms with van der Waals surface area (Å²) in [6.07, 6.45) is 2.66. The van der Waals surface area contributed by atoms with Crippen LogP contribution in [-0.4, -0.2) is 18.6 Å². The van der Waals surface area contributed by atoms with Crippen molar-refractivity contribution in [3.8, 4) is 0 Å². The predicted molar refractivity (Wildman–Crippen MR) is 100 cm³/mol. The first-order valence-corrected chi connectivity index (χ1v) is 9.75. The van der Waals surface area contributed by atoms with E-state index >= 15 is 0 Å². The van der Waals surface area contributed by atoms with Gasteiger partial charge in [-0.2, -0.15) is 0 Å². The Morgan fingerprint density at radius 3 is 3.04 bits per heavy atom. The van der Waals surface area contributed by atoms with Crippen molar-refractivity contribution in [3.05, 3.63) is 56.2 Å². The van der Waals surface area contributed by atoms with Crippen molar-refractivity contribution in [3.63, 3.8) is 0 Å². The van der Waals surface area contributed by atoms with Gasteiger partial charge in [-0.3, -0.25) is 4.79 Å². The molecule has 1 amide bonds. The van der Waals surface area contributed by atoms with Crippen molar-refractivity contribution in [1.29, 1.82) is 0 Å². The summed E-state index contributed by atoms with van der Waals surface area (Å²) < 4.78 is 7.19. The molecule has 3 N–H and O–H groups in total. The van der Waals surface area contributed by atoms with Crippen molar-refractivity contribution < 1.29 is 9.53 Å². The highest BCUT2D eigenvalue weighted by Gasteiger charge is 2.46. The quantitative estimate of drug-likeness (QED) is 0.838. The maximum atomic E-state index is 11.5. The zero-order valence-electron chi connectivity index (χ0n) is 14.0. The lowest BCUT2D eigenvalue weighted by Crippen LogP contribution is -2.49. The monoisotopic (exact) mass is 376 g/mol. The molecule has 0 bridgehead atoms. The van der Waals surface area contributed by atoms with Gasteiger partial charge in [-0.25, -0.2) is 0 Å². The molecule has 3 heterocycles. The number of nitrogens with two attached hydrogens (primary N) is 1. The highest BCUT2D eigenvalue weighted by molar-refractivity contribution is 7.16. The van der Waals surface area contributed by atoms with E-state index < -0.39 is 5.91 Å². The highest BCUT2D eigenvalue weighted by Crippen LogP contribution is 2.50. The number of nitrogens with one attached hydrogen (secondary N) is 1. The maximum Gasteiger partial charge on any atom is 0.248 e. The minimum absolute atomic E-state index is 0.106. The fraction of sp³-hybridized carbons (Fsp3) is 0.421. The van der Waals surface area contributed by atoms with Crippen LogP contribution in [0.3, 0.4) is 0 Å². The zero-order chi connectivity index (χ0) is 17.6. The van der Waals surface area contributed by atoms with Gasteiger partial charge in [0.15, 0.2) is 0 Å². The van der Waals surface area contributed by atoms with Gasteiger partial charge in [-0.15, -0.1) is 11.3 Å². The van der Waals surface area contributed by atoms with Crippen LogP contribution in [0.5, 0.6) is 0 Å². The Balaban J connectivity index is 1.71. The summed E-state index contributed by atoms with van der Waals surface area (Å²) in [7, 11) is 0. The number of primary amides is 1. The lowest BCUT2D eigenvalue weighted by Gasteiger charge is -2.46. The standard InChI is InChI=1S/C19H21ClN2O2S/c1-11-9-19(17-13(5-6-24-19)8-16(20)25-17)10-15(22-11)12-3-2-4-14(7-12)18(21)23/h2-4,7-8,11,15,22H,5-6,9-10H2,1H3,(H2,21,23)/t11-,15-,19-/m0/s1. The minimum Gasteiger partial charge on any atom is -0.369 e. The summed E-state index contributed by atoms with van der Waals surface area (Å²) in [4.78, 5) is 12.8. The van der Waals surface area contributed by atoms with Gasteiger partial charge in [-0.1, -0.05) is 23.7 Å². The van der Waals surface area contributed by atoms with Gasteiger partial charge in [0.05, 0.1) is 10.9 Å². The van der Waals surface area contributed by atoms with Crippen LogP contribution in [0.25, 0.3) is 0 Å². The Kier molecular flexibility index (Phi) is 4.36. The van der Waals surface area contributed by atoms with Gasteiger partial charge in [0.25, 0.3) is 0 Å². The second-order valence-corrected chi connectivity index (χ2v) is 8.70. The zero-order valence-corrected chi connectivity index (χ0v) is 15.6. The summed E-state index contributed by atoms with van der Waals surface area (Å²) in [5.41, 5.74) is 8.07. The number of hydrogen-bond donors (Lipinski definition) is 2. The molecule has 2 aromatic rings. The largest absolute Gasteiger partial charge is 0.369 e. The van der Waals surface area contributed by atoms with Crippen LogP contribution in [0.4, 0.5) is 0 Å². The molecule has 132 valence electrons. The lowest BCUT2D eigenvalue weighted by atomic mass is 9.78. The third-order valence-electron chi connectivity index (χ3n) is 5.17. The van der Waals surface area contributed by atoms with E-state index in [4.69, 9.17) is 22.1 Å². The normalized spacial score (nSPS) is 28.7. The Hall–Kier alpha value is -1.40. The minimum atomic E-state index is -0.401. The summed E-state index contributed by atoms with van der Waals surface area (Å²) in [5, 5.41) is 3.65.